The highest BCUT2D eigenvalue weighted by molar-refractivity contribution is 7.92. The van der Waals surface area contributed by atoms with Gasteiger partial charge in [0.2, 0.25) is 11.8 Å². The number of amides is 2. The Morgan fingerprint density at radius 2 is 1.56 bits per heavy atom. The fraction of sp³-hybridized carbons (Fsp3) is 0.333. The molecule has 39 heavy (non-hydrogen) atoms. The van der Waals surface area contributed by atoms with E-state index in [0.717, 1.165) is 15.4 Å². The van der Waals surface area contributed by atoms with Gasteiger partial charge in [-0.2, -0.15) is 0 Å². The zero-order valence-corrected chi connectivity index (χ0v) is 24.6. The Labute approximate surface area is 236 Å². The number of benzene rings is 3. The van der Waals surface area contributed by atoms with E-state index in [1.54, 1.807) is 43.3 Å². The molecule has 0 aliphatic carbocycles. The molecular formula is C30H36ClN3O4S. The van der Waals surface area contributed by atoms with Gasteiger partial charge in [0.25, 0.3) is 10.0 Å². The average Bonchev–Trinajstić information content (AvgIpc) is 2.90. The monoisotopic (exact) mass is 569 g/mol. The minimum absolute atomic E-state index is 0.0484. The first kappa shape index (κ1) is 30.2. The van der Waals surface area contributed by atoms with Gasteiger partial charge in [-0.25, -0.2) is 8.42 Å². The smallest absolute Gasteiger partial charge is 0.264 e. The summed E-state index contributed by atoms with van der Waals surface area (Å²) < 4.78 is 28.9. The van der Waals surface area contributed by atoms with E-state index < -0.39 is 28.5 Å². The zero-order valence-electron chi connectivity index (χ0n) is 23.0. The van der Waals surface area contributed by atoms with Crippen LogP contribution < -0.4 is 9.62 Å². The number of aryl methyl sites for hydroxylation is 1. The van der Waals surface area contributed by atoms with Crippen LogP contribution in [0.5, 0.6) is 0 Å². The van der Waals surface area contributed by atoms with Crippen molar-refractivity contribution in [3.63, 3.8) is 0 Å². The Bertz CT molecular complexity index is 1410. The highest BCUT2D eigenvalue weighted by Gasteiger charge is 2.34. The van der Waals surface area contributed by atoms with Crippen LogP contribution in [0, 0.1) is 13.8 Å². The van der Waals surface area contributed by atoms with Crippen molar-refractivity contribution in [2.75, 3.05) is 10.8 Å². The predicted octanol–water partition coefficient (Wildman–Crippen LogP) is 5.48. The van der Waals surface area contributed by atoms with Crippen molar-refractivity contribution in [3.05, 3.63) is 94.5 Å². The fourth-order valence-corrected chi connectivity index (χ4v) is 6.03. The molecule has 1 atom stereocenters. The molecule has 0 aliphatic heterocycles. The van der Waals surface area contributed by atoms with E-state index in [9.17, 15) is 18.0 Å². The van der Waals surface area contributed by atoms with Gasteiger partial charge in [-0.05, 0) is 75.1 Å². The van der Waals surface area contributed by atoms with Crippen LogP contribution in [0.1, 0.15) is 43.9 Å². The minimum atomic E-state index is -4.15. The highest BCUT2D eigenvalue weighted by Crippen LogP contribution is 2.31. The van der Waals surface area contributed by atoms with Gasteiger partial charge in [0.15, 0.2) is 0 Å². The van der Waals surface area contributed by atoms with E-state index in [0.29, 0.717) is 22.7 Å². The molecule has 0 aliphatic rings. The van der Waals surface area contributed by atoms with Crippen LogP contribution in [0.4, 0.5) is 5.69 Å². The second kappa shape index (κ2) is 13.1. The number of nitrogens with zero attached hydrogens (tertiary/aromatic N) is 2. The predicted molar refractivity (Wildman–Crippen MR) is 156 cm³/mol. The maximum atomic E-state index is 14.1. The molecule has 0 spiro atoms. The summed E-state index contributed by atoms with van der Waals surface area (Å²) in [6.07, 6.45) is 0.359. The second-order valence-corrected chi connectivity index (χ2v) is 12.0. The van der Waals surface area contributed by atoms with Gasteiger partial charge in [-0.1, -0.05) is 67.1 Å². The zero-order chi connectivity index (χ0) is 28.7. The average molecular weight is 570 g/mol. The summed E-state index contributed by atoms with van der Waals surface area (Å²) in [7, 11) is -4.15. The van der Waals surface area contributed by atoms with E-state index in [4.69, 9.17) is 11.6 Å². The molecule has 3 rings (SSSR count). The van der Waals surface area contributed by atoms with Crippen molar-refractivity contribution in [2.24, 2.45) is 0 Å². The lowest BCUT2D eigenvalue weighted by Gasteiger charge is -2.34. The van der Waals surface area contributed by atoms with Gasteiger partial charge >= 0.3 is 0 Å². The maximum absolute atomic E-state index is 14.1. The number of hydrogen-bond donors (Lipinski definition) is 1. The molecule has 0 saturated carbocycles. The molecule has 0 aromatic heterocycles. The molecule has 1 N–H and O–H groups in total. The van der Waals surface area contributed by atoms with Crippen LogP contribution in [0.2, 0.25) is 5.02 Å². The van der Waals surface area contributed by atoms with Gasteiger partial charge < -0.3 is 10.2 Å². The summed E-state index contributed by atoms with van der Waals surface area (Å²) in [5, 5.41) is 3.29. The topological polar surface area (TPSA) is 86.8 Å². The van der Waals surface area contributed by atoms with Crippen molar-refractivity contribution in [3.8, 4) is 0 Å². The number of carbonyl (C=O) groups is 2. The van der Waals surface area contributed by atoms with Crippen LogP contribution >= 0.6 is 11.6 Å². The van der Waals surface area contributed by atoms with Gasteiger partial charge in [0.05, 0.1) is 10.6 Å². The number of carbonyl (C=O) groups excluding carboxylic acids is 2. The number of nitrogens with one attached hydrogen (secondary N) is 1. The third-order valence-corrected chi connectivity index (χ3v) is 8.72. The van der Waals surface area contributed by atoms with Gasteiger partial charge in [0.1, 0.15) is 12.6 Å². The van der Waals surface area contributed by atoms with E-state index in [1.807, 2.05) is 52.0 Å². The molecule has 3 aromatic rings. The summed E-state index contributed by atoms with van der Waals surface area (Å²) in [5.74, 6) is -0.784. The molecule has 0 radical (unpaired) electrons. The van der Waals surface area contributed by atoms with E-state index >= 15 is 0 Å². The third-order valence-electron chi connectivity index (χ3n) is 6.54. The van der Waals surface area contributed by atoms with Gasteiger partial charge in [-0.15, -0.1) is 0 Å². The second-order valence-electron chi connectivity index (χ2n) is 9.74. The summed E-state index contributed by atoms with van der Waals surface area (Å²) in [5.41, 5.74) is 2.67. The molecule has 9 heteroatoms. The van der Waals surface area contributed by atoms with Gasteiger partial charge in [0, 0.05) is 17.6 Å². The standard InChI is InChI=1S/C30H36ClN3O4S/c1-6-27(30(36)32-21(2)3)33(19-24-14-11-10-13-22(24)4)29(35)20-34(28-18-12-17-26(31)23(28)5)39(37,38)25-15-8-7-9-16-25/h7-18,21,27H,6,19-20H2,1-5H3,(H,32,36)/t27-/m1/s1. The minimum Gasteiger partial charge on any atom is -0.352 e. The number of sulfonamides is 1. The first-order valence-electron chi connectivity index (χ1n) is 12.9. The highest BCUT2D eigenvalue weighted by atomic mass is 35.5. The van der Waals surface area contributed by atoms with Crippen molar-refractivity contribution < 1.29 is 18.0 Å². The molecular weight excluding hydrogens is 534 g/mol. The van der Waals surface area contributed by atoms with Gasteiger partial charge in [-0.3, -0.25) is 13.9 Å². The maximum Gasteiger partial charge on any atom is 0.264 e. The van der Waals surface area contributed by atoms with Crippen molar-refractivity contribution >= 4 is 39.1 Å². The molecule has 0 saturated heterocycles. The number of anilines is 1. The number of halogens is 1. The Kier molecular flexibility index (Phi) is 10.2. The van der Waals surface area contributed by atoms with Crippen molar-refractivity contribution in [1.29, 1.82) is 0 Å². The van der Waals surface area contributed by atoms with Crippen LogP contribution in [0.15, 0.2) is 77.7 Å². The lowest BCUT2D eigenvalue weighted by molar-refractivity contribution is -0.140. The molecule has 208 valence electrons. The fourth-order valence-electron chi connectivity index (χ4n) is 4.37. The Balaban J connectivity index is 2.11. The normalized spacial score (nSPS) is 12.2. The van der Waals surface area contributed by atoms with Crippen LogP contribution in [0.25, 0.3) is 0 Å². The Hall–Kier alpha value is -3.36. The SMILES string of the molecule is CC[C@H](C(=O)NC(C)C)N(Cc1ccccc1C)C(=O)CN(c1cccc(Cl)c1C)S(=O)(=O)c1ccccc1. The lowest BCUT2D eigenvalue weighted by atomic mass is 10.1. The first-order chi connectivity index (χ1) is 18.5. The lowest BCUT2D eigenvalue weighted by Crippen LogP contribution is -2.53. The van der Waals surface area contributed by atoms with Crippen LogP contribution in [-0.4, -0.2) is 43.8 Å². The summed E-state index contributed by atoms with van der Waals surface area (Å²) >= 11 is 6.37. The van der Waals surface area contributed by atoms with Crippen LogP contribution in [0.3, 0.4) is 0 Å². The Morgan fingerprint density at radius 1 is 0.923 bits per heavy atom. The third kappa shape index (κ3) is 7.19. The van der Waals surface area contributed by atoms with Crippen LogP contribution in [-0.2, 0) is 26.2 Å². The largest absolute Gasteiger partial charge is 0.352 e. The molecule has 0 unspecified atom stereocenters. The van der Waals surface area contributed by atoms with Crippen molar-refractivity contribution in [2.45, 2.75) is 64.6 Å². The van der Waals surface area contributed by atoms with Crippen molar-refractivity contribution in [1.82, 2.24) is 10.2 Å². The Morgan fingerprint density at radius 3 is 2.18 bits per heavy atom. The molecule has 7 nitrogen and oxygen atoms in total. The summed E-state index contributed by atoms with van der Waals surface area (Å²) in [4.78, 5) is 28.9. The molecule has 3 aromatic carbocycles. The summed E-state index contributed by atoms with van der Waals surface area (Å²) in [6.45, 7) is 8.85. The summed E-state index contributed by atoms with van der Waals surface area (Å²) in [6, 6.07) is 19.6. The van der Waals surface area contributed by atoms with E-state index in [-0.39, 0.29) is 23.4 Å². The number of hydrogen-bond acceptors (Lipinski definition) is 4. The quantitative estimate of drug-likeness (QED) is 0.331. The molecule has 0 fully saturated rings. The van der Waals surface area contributed by atoms with E-state index in [2.05, 4.69) is 5.32 Å². The number of rotatable bonds is 11. The first-order valence-corrected chi connectivity index (χ1v) is 14.8. The molecule has 0 bridgehead atoms. The van der Waals surface area contributed by atoms with E-state index in [1.165, 1.54) is 17.0 Å². The molecule has 0 heterocycles. The molecule has 2 amide bonds.